The van der Waals surface area contributed by atoms with Crippen molar-refractivity contribution in [2.75, 3.05) is 20.8 Å². The molecule has 0 fully saturated rings. The van der Waals surface area contributed by atoms with Crippen LogP contribution in [0.1, 0.15) is 28.7 Å². The van der Waals surface area contributed by atoms with Crippen molar-refractivity contribution in [1.29, 1.82) is 0 Å². The molecule has 1 rings (SSSR count). The third-order valence-electron chi connectivity index (χ3n) is 3.35. The highest BCUT2D eigenvalue weighted by molar-refractivity contribution is 5.58. The first-order valence-corrected chi connectivity index (χ1v) is 5.99. The molecular weight excluding hydrogens is 214 g/mol. The molecule has 0 saturated carbocycles. The smallest absolute Gasteiger partial charge is 0.125 e. The molecule has 0 aliphatic rings. The fourth-order valence-corrected chi connectivity index (χ4v) is 2.32. The van der Waals surface area contributed by atoms with Crippen LogP contribution in [0.15, 0.2) is 0 Å². The SMILES string of the molecule is COc1c(C)c(C)c(OC)c(CCCN)c1C. The van der Waals surface area contributed by atoms with Gasteiger partial charge in [0, 0.05) is 5.56 Å². The van der Waals surface area contributed by atoms with Crippen molar-refractivity contribution in [1.82, 2.24) is 0 Å². The van der Waals surface area contributed by atoms with Crippen LogP contribution in [0.25, 0.3) is 0 Å². The normalized spacial score (nSPS) is 10.5. The topological polar surface area (TPSA) is 44.5 Å². The van der Waals surface area contributed by atoms with Crippen LogP contribution in [0, 0.1) is 20.8 Å². The first-order chi connectivity index (χ1) is 8.08. The predicted molar refractivity (Wildman–Crippen MR) is 71.1 cm³/mol. The van der Waals surface area contributed by atoms with E-state index < -0.39 is 0 Å². The average molecular weight is 237 g/mol. The average Bonchev–Trinajstić information content (AvgIpc) is 2.33. The first kappa shape index (κ1) is 13.8. The summed E-state index contributed by atoms with van der Waals surface area (Å²) in [6.07, 6.45) is 1.89. The van der Waals surface area contributed by atoms with Crippen LogP contribution >= 0.6 is 0 Å². The van der Waals surface area contributed by atoms with Gasteiger partial charge >= 0.3 is 0 Å². The molecule has 0 spiro atoms. The van der Waals surface area contributed by atoms with E-state index in [-0.39, 0.29) is 0 Å². The van der Waals surface area contributed by atoms with Crippen molar-refractivity contribution >= 4 is 0 Å². The van der Waals surface area contributed by atoms with E-state index >= 15 is 0 Å². The van der Waals surface area contributed by atoms with Gasteiger partial charge in [0.1, 0.15) is 11.5 Å². The molecule has 2 N–H and O–H groups in total. The van der Waals surface area contributed by atoms with Crippen LogP contribution in [0.5, 0.6) is 11.5 Å². The van der Waals surface area contributed by atoms with Gasteiger partial charge in [0.2, 0.25) is 0 Å². The molecule has 0 saturated heterocycles. The highest BCUT2D eigenvalue weighted by Gasteiger charge is 2.17. The van der Waals surface area contributed by atoms with Crippen LogP contribution in [0.3, 0.4) is 0 Å². The Hall–Kier alpha value is -1.22. The fraction of sp³-hybridized carbons (Fsp3) is 0.571. The van der Waals surface area contributed by atoms with Crippen molar-refractivity contribution in [3.8, 4) is 11.5 Å². The molecule has 3 nitrogen and oxygen atoms in total. The third kappa shape index (κ3) is 2.55. The van der Waals surface area contributed by atoms with Crippen LogP contribution in [-0.2, 0) is 6.42 Å². The molecule has 0 aliphatic heterocycles. The Kier molecular flexibility index (Phi) is 4.82. The van der Waals surface area contributed by atoms with E-state index in [1.165, 1.54) is 11.1 Å². The van der Waals surface area contributed by atoms with Crippen LogP contribution in [-0.4, -0.2) is 20.8 Å². The van der Waals surface area contributed by atoms with Crippen molar-refractivity contribution in [2.24, 2.45) is 5.73 Å². The lowest BCUT2D eigenvalue weighted by atomic mass is 9.94. The van der Waals surface area contributed by atoms with Gasteiger partial charge in [0.25, 0.3) is 0 Å². The minimum absolute atomic E-state index is 0.692. The lowest BCUT2D eigenvalue weighted by Crippen LogP contribution is -2.06. The Bertz CT molecular complexity index is 400. The zero-order valence-electron chi connectivity index (χ0n) is 11.5. The van der Waals surface area contributed by atoms with E-state index in [1.54, 1.807) is 14.2 Å². The minimum Gasteiger partial charge on any atom is -0.496 e. The van der Waals surface area contributed by atoms with Crippen molar-refractivity contribution in [3.05, 3.63) is 22.3 Å². The molecule has 0 bridgehead atoms. The Morgan fingerprint density at radius 2 is 1.41 bits per heavy atom. The summed E-state index contributed by atoms with van der Waals surface area (Å²) in [5.41, 5.74) is 10.3. The number of rotatable bonds is 5. The second kappa shape index (κ2) is 5.92. The molecule has 3 heteroatoms. The van der Waals surface area contributed by atoms with Gasteiger partial charge in [-0.25, -0.2) is 0 Å². The monoisotopic (exact) mass is 237 g/mol. The molecule has 0 aromatic heterocycles. The fourth-order valence-electron chi connectivity index (χ4n) is 2.32. The van der Waals surface area contributed by atoms with Crippen molar-refractivity contribution in [2.45, 2.75) is 33.6 Å². The number of nitrogens with two attached hydrogens (primary N) is 1. The lowest BCUT2D eigenvalue weighted by Gasteiger charge is -2.20. The van der Waals surface area contributed by atoms with Gasteiger partial charge in [-0.3, -0.25) is 0 Å². The molecule has 0 unspecified atom stereocenters. The number of hydrogen-bond donors (Lipinski definition) is 1. The van der Waals surface area contributed by atoms with E-state index in [0.717, 1.165) is 35.5 Å². The Morgan fingerprint density at radius 1 is 0.882 bits per heavy atom. The van der Waals surface area contributed by atoms with E-state index in [2.05, 4.69) is 20.8 Å². The predicted octanol–water partition coefficient (Wildman–Crippen LogP) is 2.52. The van der Waals surface area contributed by atoms with Crippen LogP contribution < -0.4 is 15.2 Å². The number of ether oxygens (including phenoxy) is 2. The summed E-state index contributed by atoms with van der Waals surface area (Å²) in [6.45, 7) is 6.91. The van der Waals surface area contributed by atoms with E-state index in [0.29, 0.717) is 6.54 Å². The Balaban J connectivity index is 3.38. The van der Waals surface area contributed by atoms with Crippen LogP contribution in [0.2, 0.25) is 0 Å². The summed E-state index contributed by atoms with van der Waals surface area (Å²) in [5.74, 6) is 1.95. The van der Waals surface area contributed by atoms with Gasteiger partial charge in [0.05, 0.1) is 14.2 Å². The van der Waals surface area contributed by atoms with Crippen molar-refractivity contribution in [3.63, 3.8) is 0 Å². The number of hydrogen-bond acceptors (Lipinski definition) is 3. The van der Waals surface area contributed by atoms with Gasteiger partial charge in [0.15, 0.2) is 0 Å². The van der Waals surface area contributed by atoms with Gasteiger partial charge in [-0.2, -0.15) is 0 Å². The van der Waals surface area contributed by atoms with Gasteiger partial charge in [-0.05, 0) is 56.8 Å². The zero-order valence-corrected chi connectivity index (χ0v) is 11.5. The quantitative estimate of drug-likeness (QED) is 0.856. The van der Waals surface area contributed by atoms with E-state index in [1.807, 2.05) is 0 Å². The molecule has 0 amide bonds. The number of methoxy groups -OCH3 is 2. The van der Waals surface area contributed by atoms with Gasteiger partial charge in [-0.15, -0.1) is 0 Å². The van der Waals surface area contributed by atoms with Gasteiger partial charge < -0.3 is 15.2 Å². The molecule has 0 aliphatic carbocycles. The second-order valence-corrected chi connectivity index (χ2v) is 4.31. The maximum Gasteiger partial charge on any atom is 0.125 e. The second-order valence-electron chi connectivity index (χ2n) is 4.31. The van der Waals surface area contributed by atoms with E-state index in [9.17, 15) is 0 Å². The summed E-state index contributed by atoms with van der Waals surface area (Å²) in [7, 11) is 3.44. The lowest BCUT2D eigenvalue weighted by molar-refractivity contribution is 0.390. The highest BCUT2D eigenvalue weighted by Crippen LogP contribution is 2.37. The number of benzene rings is 1. The summed E-state index contributed by atoms with van der Waals surface area (Å²) in [5, 5.41) is 0. The molecule has 0 atom stereocenters. The Labute approximate surface area is 104 Å². The third-order valence-corrected chi connectivity index (χ3v) is 3.35. The first-order valence-electron chi connectivity index (χ1n) is 5.99. The maximum atomic E-state index is 5.58. The molecule has 17 heavy (non-hydrogen) atoms. The molecule has 0 radical (unpaired) electrons. The summed E-state index contributed by atoms with van der Waals surface area (Å²) < 4.78 is 11.0. The van der Waals surface area contributed by atoms with E-state index in [4.69, 9.17) is 15.2 Å². The largest absolute Gasteiger partial charge is 0.496 e. The molecule has 0 heterocycles. The highest BCUT2D eigenvalue weighted by atomic mass is 16.5. The molecule has 96 valence electrons. The van der Waals surface area contributed by atoms with Crippen LogP contribution in [0.4, 0.5) is 0 Å². The Morgan fingerprint density at radius 3 is 1.88 bits per heavy atom. The molecule has 1 aromatic carbocycles. The molecular formula is C14H23NO2. The zero-order chi connectivity index (χ0) is 13.0. The van der Waals surface area contributed by atoms with Gasteiger partial charge in [-0.1, -0.05) is 0 Å². The summed E-state index contributed by atoms with van der Waals surface area (Å²) >= 11 is 0. The summed E-state index contributed by atoms with van der Waals surface area (Å²) in [6, 6.07) is 0. The maximum absolute atomic E-state index is 5.58. The minimum atomic E-state index is 0.692. The molecule has 1 aromatic rings. The van der Waals surface area contributed by atoms with Crippen molar-refractivity contribution < 1.29 is 9.47 Å². The standard InChI is InChI=1S/C14H23NO2/c1-9-10(2)14(17-5)12(7-6-8-15)11(3)13(9)16-4/h6-8,15H2,1-5H3. The summed E-state index contributed by atoms with van der Waals surface area (Å²) in [4.78, 5) is 0.